The molecule has 1 heterocycles. The molecule has 0 radical (unpaired) electrons. The molecule has 0 aliphatic carbocycles. The lowest BCUT2D eigenvalue weighted by atomic mass is 9.98. The number of carboxylic acid groups (broad SMARTS) is 1. The predicted octanol–water partition coefficient (Wildman–Crippen LogP) is 2.45. The Bertz CT molecular complexity index is 527. The van der Waals surface area contributed by atoms with Gasteiger partial charge in [0.1, 0.15) is 5.54 Å². The highest BCUT2D eigenvalue weighted by molar-refractivity contribution is 9.10. The van der Waals surface area contributed by atoms with Crippen molar-refractivity contribution < 1.29 is 14.7 Å². The van der Waals surface area contributed by atoms with Crippen molar-refractivity contribution in [1.29, 1.82) is 0 Å². The van der Waals surface area contributed by atoms with Crippen LogP contribution in [0.5, 0.6) is 0 Å². The van der Waals surface area contributed by atoms with E-state index in [1.54, 1.807) is 23.9 Å². The molecule has 0 unspecified atom stereocenters. The number of carboxylic acids is 1. The van der Waals surface area contributed by atoms with Gasteiger partial charge in [-0.05, 0) is 42.9 Å². The van der Waals surface area contributed by atoms with Gasteiger partial charge in [0.05, 0.1) is 0 Å². The Morgan fingerprint density at radius 3 is 2.74 bits per heavy atom. The van der Waals surface area contributed by atoms with Crippen LogP contribution >= 0.6 is 27.7 Å². The van der Waals surface area contributed by atoms with Gasteiger partial charge in [-0.3, -0.25) is 4.79 Å². The van der Waals surface area contributed by atoms with E-state index < -0.39 is 11.5 Å². The van der Waals surface area contributed by atoms with E-state index in [1.807, 2.05) is 13.0 Å². The number of rotatable bonds is 3. The molecule has 1 aliphatic rings. The van der Waals surface area contributed by atoms with Crippen LogP contribution in [0.2, 0.25) is 0 Å². The normalized spacial score (nSPS) is 22.2. The molecule has 1 saturated heterocycles. The van der Waals surface area contributed by atoms with Gasteiger partial charge in [0.2, 0.25) is 0 Å². The molecule has 1 aromatic carbocycles. The van der Waals surface area contributed by atoms with Gasteiger partial charge in [0, 0.05) is 15.8 Å². The Morgan fingerprint density at radius 2 is 2.21 bits per heavy atom. The van der Waals surface area contributed by atoms with E-state index in [2.05, 4.69) is 21.2 Å². The minimum absolute atomic E-state index is 0.324. The highest BCUT2D eigenvalue weighted by Gasteiger charge is 2.43. The van der Waals surface area contributed by atoms with Crippen molar-refractivity contribution >= 4 is 39.6 Å². The molecular formula is C13H14BrNO3S. The fraction of sp³-hybridized carbons (Fsp3) is 0.385. The summed E-state index contributed by atoms with van der Waals surface area (Å²) in [6.45, 7) is 1.83. The highest BCUT2D eigenvalue weighted by atomic mass is 79.9. The van der Waals surface area contributed by atoms with Crippen LogP contribution in [-0.2, 0) is 4.79 Å². The van der Waals surface area contributed by atoms with Crippen LogP contribution in [0.25, 0.3) is 0 Å². The number of thioether (sulfide) groups is 1. The molecule has 1 aromatic rings. The summed E-state index contributed by atoms with van der Waals surface area (Å²) in [6, 6.07) is 5.32. The maximum absolute atomic E-state index is 12.2. The Labute approximate surface area is 124 Å². The molecule has 4 nitrogen and oxygen atoms in total. The Hall–Kier alpha value is -1.01. The molecule has 0 saturated carbocycles. The summed E-state index contributed by atoms with van der Waals surface area (Å²) in [5.74, 6) is -0.106. The van der Waals surface area contributed by atoms with E-state index in [1.165, 1.54) is 0 Å². The van der Waals surface area contributed by atoms with Crippen molar-refractivity contribution in [3.8, 4) is 0 Å². The fourth-order valence-electron chi connectivity index (χ4n) is 2.05. The van der Waals surface area contributed by atoms with Crippen LogP contribution in [0.4, 0.5) is 0 Å². The molecule has 2 N–H and O–H groups in total. The van der Waals surface area contributed by atoms with E-state index >= 15 is 0 Å². The second kappa shape index (κ2) is 5.54. The van der Waals surface area contributed by atoms with E-state index in [9.17, 15) is 14.7 Å². The summed E-state index contributed by atoms with van der Waals surface area (Å²) in [4.78, 5) is 23.6. The van der Waals surface area contributed by atoms with Gasteiger partial charge in [-0.2, -0.15) is 11.8 Å². The van der Waals surface area contributed by atoms with Crippen molar-refractivity contribution in [3.63, 3.8) is 0 Å². The van der Waals surface area contributed by atoms with Crippen molar-refractivity contribution in [3.05, 3.63) is 33.8 Å². The van der Waals surface area contributed by atoms with Crippen LogP contribution in [-0.4, -0.2) is 34.0 Å². The molecule has 2 rings (SSSR count). The van der Waals surface area contributed by atoms with Crippen LogP contribution < -0.4 is 5.32 Å². The van der Waals surface area contributed by atoms with Crippen LogP contribution in [0, 0.1) is 6.92 Å². The lowest BCUT2D eigenvalue weighted by molar-refractivity contribution is -0.143. The molecule has 19 heavy (non-hydrogen) atoms. The summed E-state index contributed by atoms with van der Waals surface area (Å²) in [7, 11) is 0. The minimum atomic E-state index is -1.12. The second-order valence-corrected chi connectivity index (χ2v) is 6.62. The number of nitrogens with one attached hydrogen (secondary N) is 1. The molecule has 0 bridgehead atoms. The number of carbonyl (C=O) groups is 2. The molecule has 6 heteroatoms. The molecule has 1 amide bonds. The van der Waals surface area contributed by atoms with Crippen LogP contribution in [0.1, 0.15) is 22.3 Å². The summed E-state index contributed by atoms with van der Waals surface area (Å²) in [5, 5.41) is 12.0. The quantitative estimate of drug-likeness (QED) is 0.884. The zero-order chi connectivity index (χ0) is 14.0. The lowest BCUT2D eigenvalue weighted by Gasteiger charge is -2.25. The number of hydrogen-bond acceptors (Lipinski definition) is 3. The van der Waals surface area contributed by atoms with E-state index in [0.717, 1.165) is 15.8 Å². The summed E-state index contributed by atoms with van der Waals surface area (Å²) < 4.78 is 0.894. The Kier molecular flexibility index (Phi) is 4.20. The van der Waals surface area contributed by atoms with Gasteiger partial charge in [-0.25, -0.2) is 4.79 Å². The summed E-state index contributed by atoms with van der Waals surface area (Å²) >= 11 is 4.89. The third-order valence-corrected chi connectivity index (χ3v) is 4.90. The zero-order valence-corrected chi connectivity index (χ0v) is 12.8. The topological polar surface area (TPSA) is 66.4 Å². The Balaban J connectivity index is 2.22. The lowest BCUT2D eigenvalue weighted by Crippen LogP contribution is -2.54. The first-order valence-electron chi connectivity index (χ1n) is 5.84. The van der Waals surface area contributed by atoms with Crippen LogP contribution in [0.3, 0.4) is 0 Å². The van der Waals surface area contributed by atoms with E-state index in [0.29, 0.717) is 17.7 Å². The predicted molar refractivity (Wildman–Crippen MR) is 78.7 cm³/mol. The van der Waals surface area contributed by atoms with Gasteiger partial charge >= 0.3 is 5.97 Å². The average Bonchev–Trinajstić information content (AvgIpc) is 2.78. The van der Waals surface area contributed by atoms with Crippen molar-refractivity contribution in [2.45, 2.75) is 18.9 Å². The average molecular weight is 344 g/mol. The number of hydrogen-bond donors (Lipinski definition) is 2. The number of amides is 1. The molecule has 0 spiro atoms. The minimum Gasteiger partial charge on any atom is -0.479 e. The number of benzene rings is 1. The number of halogens is 1. The molecule has 1 aliphatic heterocycles. The standard InChI is InChI=1S/C13H14BrNO3S/c1-8-6-9(14)2-3-10(8)11(16)15-13(12(17)18)4-5-19-7-13/h2-3,6H,4-5,7H2,1H3,(H,15,16)(H,17,18)/t13-/m1/s1. The summed E-state index contributed by atoms with van der Waals surface area (Å²) in [5.41, 5.74) is 0.208. The number of aliphatic carboxylic acids is 1. The first kappa shape index (κ1) is 14.4. The van der Waals surface area contributed by atoms with E-state index in [4.69, 9.17) is 0 Å². The monoisotopic (exact) mass is 343 g/mol. The number of carbonyl (C=O) groups excluding carboxylic acids is 1. The Morgan fingerprint density at radius 1 is 1.47 bits per heavy atom. The smallest absolute Gasteiger partial charge is 0.330 e. The second-order valence-electron chi connectivity index (χ2n) is 4.60. The molecule has 102 valence electrons. The maximum atomic E-state index is 12.2. The first-order valence-corrected chi connectivity index (χ1v) is 7.79. The molecule has 1 atom stereocenters. The van der Waals surface area contributed by atoms with Crippen molar-refractivity contribution in [2.24, 2.45) is 0 Å². The van der Waals surface area contributed by atoms with Gasteiger partial charge in [-0.15, -0.1) is 0 Å². The SMILES string of the molecule is Cc1cc(Br)ccc1C(=O)N[C@]1(C(=O)O)CCSC1. The highest BCUT2D eigenvalue weighted by Crippen LogP contribution is 2.29. The zero-order valence-electron chi connectivity index (χ0n) is 10.4. The van der Waals surface area contributed by atoms with Crippen molar-refractivity contribution in [1.82, 2.24) is 5.32 Å². The number of aryl methyl sites for hydroxylation is 1. The largest absolute Gasteiger partial charge is 0.479 e. The van der Waals surface area contributed by atoms with Gasteiger partial charge in [-0.1, -0.05) is 15.9 Å². The van der Waals surface area contributed by atoms with Crippen molar-refractivity contribution in [2.75, 3.05) is 11.5 Å². The third-order valence-electron chi connectivity index (χ3n) is 3.22. The third kappa shape index (κ3) is 2.95. The van der Waals surface area contributed by atoms with Crippen LogP contribution in [0.15, 0.2) is 22.7 Å². The van der Waals surface area contributed by atoms with Gasteiger partial charge < -0.3 is 10.4 Å². The van der Waals surface area contributed by atoms with E-state index in [-0.39, 0.29) is 5.91 Å². The van der Waals surface area contributed by atoms with Gasteiger partial charge in [0.15, 0.2) is 0 Å². The summed E-state index contributed by atoms with van der Waals surface area (Å²) in [6.07, 6.45) is 0.467. The molecular weight excluding hydrogens is 330 g/mol. The van der Waals surface area contributed by atoms with Gasteiger partial charge in [0.25, 0.3) is 5.91 Å². The molecule has 0 aromatic heterocycles. The maximum Gasteiger partial charge on any atom is 0.330 e. The fourth-order valence-corrected chi connectivity index (χ4v) is 3.85. The molecule has 1 fully saturated rings. The first-order chi connectivity index (χ1) is 8.94.